The van der Waals surface area contributed by atoms with E-state index in [1.165, 1.54) is 6.08 Å². The summed E-state index contributed by atoms with van der Waals surface area (Å²) in [6.45, 7) is 6.06. The molecule has 0 unspecified atom stereocenters. The first-order valence-electron chi connectivity index (χ1n) is 7.04. The van der Waals surface area contributed by atoms with Gasteiger partial charge in [0.2, 0.25) is 0 Å². The first kappa shape index (κ1) is 18.0. The van der Waals surface area contributed by atoms with Crippen molar-refractivity contribution in [3.63, 3.8) is 0 Å². The van der Waals surface area contributed by atoms with Crippen LogP contribution in [0, 0.1) is 0 Å². The molecular weight excluding hydrogens is 352 g/mol. The van der Waals surface area contributed by atoms with Gasteiger partial charge in [-0.25, -0.2) is 0 Å². The summed E-state index contributed by atoms with van der Waals surface area (Å²) in [5, 5.41) is 5.00. The van der Waals surface area contributed by atoms with Crippen molar-refractivity contribution in [1.29, 1.82) is 0 Å². The summed E-state index contributed by atoms with van der Waals surface area (Å²) in [7, 11) is 0. The highest BCUT2D eigenvalue weighted by atomic mass is 35.5. The van der Waals surface area contributed by atoms with Gasteiger partial charge in [0, 0.05) is 0 Å². The van der Waals surface area contributed by atoms with E-state index < -0.39 is 11.8 Å². The molecule has 0 spiro atoms. The van der Waals surface area contributed by atoms with Gasteiger partial charge in [-0.15, -0.1) is 0 Å². The lowest BCUT2D eigenvalue weighted by atomic mass is 10.1. The molecule has 0 radical (unpaired) electrons. The summed E-state index contributed by atoms with van der Waals surface area (Å²) in [4.78, 5) is 23.8. The van der Waals surface area contributed by atoms with Crippen molar-refractivity contribution in [2.24, 2.45) is 0 Å². The van der Waals surface area contributed by atoms with Crippen LogP contribution in [0.1, 0.15) is 12.5 Å². The predicted molar refractivity (Wildman–Crippen MR) is 95.2 cm³/mol. The third kappa shape index (κ3) is 4.12. The summed E-state index contributed by atoms with van der Waals surface area (Å²) in [6, 6.07) is 3.21. The molecule has 0 bridgehead atoms. The SMILES string of the molecule is C=CCOc1c(Cl)cc(C=C2C(=O)NC(=S)NC2=O)cc1OCC. The Morgan fingerprint density at radius 1 is 1.25 bits per heavy atom. The van der Waals surface area contributed by atoms with Crippen LogP contribution in [0.4, 0.5) is 0 Å². The van der Waals surface area contributed by atoms with Crippen LogP contribution in [-0.2, 0) is 9.59 Å². The predicted octanol–water partition coefficient (Wildman–Crippen LogP) is 2.22. The van der Waals surface area contributed by atoms with Crippen LogP contribution < -0.4 is 20.1 Å². The number of nitrogens with one attached hydrogen (secondary N) is 2. The number of carbonyl (C=O) groups excluding carboxylic acids is 2. The second kappa shape index (κ2) is 7.94. The molecule has 1 aromatic carbocycles. The molecule has 1 fully saturated rings. The largest absolute Gasteiger partial charge is 0.490 e. The molecule has 1 aliphatic rings. The smallest absolute Gasteiger partial charge is 0.263 e. The van der Waals surface area contributed by atoms with Crippen molar-refractivity contribution in [3.05, 3.63) is 40.9 Å². The van der Waals surface area contributed by atoms with E-state index in [-0.39, 0.29) is 17.3 Å². The number of ether oxygens (including phenoxy) is 2. The Hall–Kier alpha value is -2.38. The number of hydrogen-bond donors (Lipinski definition) is 2. The summed E-state index contributed by atoms with van der Waals surface area (Å²) < 4.78 is 11.0. The van der Waals surface area contributed by atoms with Crippen molar-refractivity contribution >= 4 is 46.8 Å². The Labute approximate surface area is 149 Å². The average molecular weight is 367 g/mol. The van der Waals surface area contributed by atoms with E-state index in [4.69, 9.17) is 33.3 Å². The second-order valence-corrected chi connectivity index (χ2v) is 5.47. The van der Waals surface area contributed by atoms with Gasteiger partial charge in [0.15, 0.2) is 16.6 Å². The van der Waals surface area contributed by atoms with Gasteiger partial charge >= 0.3 is 0 Å². The highest BCUT2D eigenvalue weighted by Gasteiger charge is 2.26. The molecule has 0 aliphatic carbocycles. The maximum Gasteiger partial charge on any atom is 0.263 e. The minimum absolute atomic E-state index is 0.0247. The maximum atomic E-state index is 11.9. The van der Waals surface area contributed by atoms with Crippen LogP contribution in [-0.4, -0.2) is 30.1 Å². The zero-order valence-electron chi connectivity index (χ0n) is 12.8. The topological polar surface area (TPSA) is 76.7 Å². The van der Waals surface area contributed by atoms with Crippen LogP contribution in [0.15, 0.2) is 30.4 Å². The van der Waals surface area contributed by atoms with E-state index in [1.807, 2.05) is 6.92 Å². The van der Waals surface area contributed by atoms with Crippen molar-refractivity contribution in [2.75, 3.05) is 13.2 Å². The lowest BCUT2D eigenvalue weighted by Crippen LogP contribution is -2.51. The van der Waals surface area contributed by atoms with Crippen molar-refractivity contribution in [2.45, 2.75) is 6.92 Å². The van der Waals surface area contributed by atoms with Crippen molar-refractivity contribution < 1.29 is 19.1 Å². The van der Waals surface area contributed by atoms with E-state index in [0.29, 0.717) is 28.7 Å². The fraction of sp³-hybridized carbons (Fsp3) is 0.188. The van der Waals surface area contributed by atoms with Gasteiger partial charge in [0.25, 0.3) is 11.8 Å². The quantitative estimate of drug-likeness (QED) is 0.349. The van der Waals surface area contributed by atoms with Crippen molar-refractivity contribution in [1.82, 2.24) is 10.6 Å². The molecule has 2 amide bonds. The summed E-state index contributed by atoms with van der Waals surface area (Å²) >= 11 is 11.0. The Bertz CT molecular complexity index is 724. The Balaban J connectivity index is 2.42. The van der Waals surface area contributed by atoms with E-state index in [0.717, 1.165) is 0 Å². The molecule has 1 aromatic rings. The molecule has 0 saturated carbocycles. The zero-order chi connectivity index (χ0) is 17.7. The van der Waals surface area contributed by atoms with Gasteiger partial charge in [-0.1, -0.05) is 24.3 Å². The van der Waals surface area contributed by atoms with Gasteiger partial charge in [0.1, 0.15) is 12.2 Å². The van der Waals surface area contributed by atoms with Gasteiger partial charge in [-0.3, -0.25) is 20.2 Å². The summed E-state index contributed by atoms with van der Waals surface area (Å²) in [5.41, 5.74) is 0.435. The number of carbonyl (C=O) groups is 2. The van der Waals surface area contributed by atoms with Gasteiger partial charge in [-0.05, 0) is 42.9 Å². The molecule has 126 valence electrons. The monoisotopic (exact) mass is 366 g/mol. The molecule has 8 heteroatoms. The highest BCUT2D eigenvalue weighted by molar-refractivity contribution is 7.80. The molecule has 2 N–H and O–H groups in total. The average Bonchev–Trinajstić information content (AvgIpc) is 2.50. The van der Waals surface area contributed by atoms with Crippen LogP contribution in [0.5, 0.6) is 11.5 Å². The molecule has 1 aliphatic heterocycles. The fourth-order valence-corrected chi connectivity index (χ4v) is 2.45. The van der Waals surface area contributed by atoms with Gasteiger partial charge in [0.05, 0.1) is 11.6 Å². The standard InChI is InChI=1S/C16H15ClN2O4S/c1-3-5-23-13-11(17)7-9(8-12(13)22-4-2)6-10-14(20)18-16(24)19-15(10)21/h3,6-8H,1,4-5H2,2H3,(H2,18,19,20,21,24). The molecule has 0 aromatic heterocycles. The number of amides is 2. The zero-order valence-corrected chi connectivity index (χ0v) is 14.4. The van der Waals surface area contributed by atoms with E-state index >= 15 is 0 Å². The highest BCUT2D eigenvalue weighted by Crippen LogP contribution is 2.37. The van der Waals surface area contributed by atoms with Gasteiger partial charge in [-0.2, -0.15) is 0 Å². The summed E-state index contributed by atoms with van der Waals surface area (Å²) in [6.07, 6.45) is 2.99. The molecule has 6 nitrogen and oxygen atoms in total. The molecule has 24 heavy (non-hydrogen) atoms. The second-order valence-electron chi connectivity index (χ2n) is 4.66. The summed E-state index contributed by atoms with van der Waals surface area (Å²) in [5.74, 6) is -0.375. The van der Waals surface area contributed by atoms with E-state index in [1.54, 1.807) is 18.2 Å². The lowest BCUT2D eigenvalue weighted by molar-refractivity contribution is -0.123. The number of rotatable bonds is 6. The van der Waals surface area contributed by atoms with Gasteiger partial charge < -0.3 is 9.47 Å². The van der Waals surface area contributed by atoms with Crippen LogP contribution in [0.2, 0.25) is 5.02 Å². The van der Waals surface area contributed by atoms with E-state index in [9.17, 15) is 9.59 Å². The van der Waals surface area contributed by atoms with Crippen LogP contribution in [0.3, 0.4) is 0 Å². The minimum Gasteiger partial charge on any atom is -0.490 e. The Morgan fingerprint density at radius 3 is 2.50 bits per heavy atom. The molecule has 0 atom stereocenters. The van der Waals surface area contributed by atoms with Crippen LogP contribution in [0.25, 0.3) is 6.08 Å². The first-order chi connectivity index (χ1) is 11.5. The Kier molecular flexibility index (Phi) is 5.94. The third-order valence-corrected chi connectivity index (χ3v) is 3.42. The van der Waals surface area contributed by atoms with Crippen molar-refractivity contribution in [3.8, 4) is 11.5 Å². The number of halogens is 1. The molecular formula is C16H15ClN2O4S. The number of hydrogen-bond acceptors (Lipinski definition) is 5. The first-order valence-corrected chi connectivity index (χ1v) is 7.83. The normalized spacial score (nSPS) is 13.9. The van der Waals surface area contributed by atoms with Crippen LogP contribution >= 0.6 is 23.8 Å². The molecule has 2 rings (SSSR count). The lowest BCUT2D eigenvalue weighted by Gasteiger charge is -2.17. The van der Waals surface area contributed by atoms with E-state index in [2.05, 4.69) is 17.2 Å². The third-order valence-electron chi connectivity index (χ3n) is 2.93. The maximum absolute atomic E-state index is 11.9. The Morgan fingerprint density at radius 2 is 1.92 bits per heavy atom. The molecule has 1 saturated heterocycles. The fourth-order valence-electron chi connectivity index (χ4n) is 1.99. The number of thiocarbonyl (C=S) groups is 1. The minimum atomic E-state index is -0.579. The number of benzene rings is 1. The molecule has 1 heterocycles.